The summed E-state index contributed by atoms with van der Waals surface area (Å²) in [5.41, 5.74) is 1.58. The summed E-state index contributed by atoms with van der Waals surface area (Å²) >= 11 is 6.25. The van der Waals surface area contributed by atoms with Gasteiger partial charge in [-0.3, -0.25) is 9.59 Å². The Morgan fingerprint density at radius 3 is 2.25 bits per heavy atom. The Hall–Kier alpha value is -2.67. The van der Waals surface area contributed by atoms with Crippen LogP contribution in [-0.2, 0) is 9.59 Å². The molecule has 7 nitrogen and oxygen atoms in total. The molecule has 0 spiro atoms. The van der Waals surface area contributed by atoms with Gasteiger partial charge in [0.1, 0.15) is 0 Å². The lowest BCUT2D eigenvalue weighted by molar-refractivity contribution is -0.143. The highest BCUT2D eigenvalue weighted by molar-refractivity contribution is 6.33. The maximum absolute atomic E-state index is 12.9. The van der Waals surface area contributed by atoms with Crippen molar-refractivity contribution in [3.63, 3.8) is 0 Å². The molecule has 8 heteroatoms. The van der Waals surface area contributed by atoms with E-state index >= 15 is 0 Å². The molecule has 1 saturated heterocycles. The van der Waals surface area contributed by atoms with Gasteiger partial charge in [0.15, 0.2) is 5.82 Å². The van der Waals surface area contributed by atoms with Crippen LogP contribution >= 0.6 is 11.6 Å². The first kappa shape index (κ1) is 24.0. The zero-order valence-electron chi connectivity index (χ0n) is 19.3. The third-order valence-electron chi connectivity index (χ3n) is 5.47. The molecule has 0 N–H and O–H groups in total. The van der Waals surface area contributed by atoms with Crippen LogP contribution in [0.15, 0.2) is 36.4 Å². The maximum atomic E-state index is 12.9. The quantitative estimate of drug-likeness (QED) is 0.635. The highest BCUT2D eigenvalue weighted by atomic mass is 35.5. The van der Waals surface area contributed by atoms with Gasteiger partial charge in [-0.1, -0.05) is 57.5 Å². The monoisotopic (exact) mass is 457 g/mol. The van der Waals surface area contributed by atoms with Crippen LogP contribution in [0.1, 0.15) is 27.7 Å². The van der Waals surface area contributed by atoms with Crippen molar-refractivity contribution in [1.29, 1.82) is 0 Å². The molecule has 1 aromatic carbocycles. The van der Waals surface area contributed by atoms with E-state index < -0.39 is 0 Å². The van der Waals surface area contributed by atoms with E-state index in [4.69, 9.17) is 11.6 Å². The smallest absolute Gasteiger partial charge is 0.242 e. The Balaban J connectivity index is 1.58. The van der Waals surface area contributed by atoms with Gasteiger partial charge in [0.25, 0.3) is 0 Å². The van der Waals surface area contributed by atoms with Gasteiger partial charge in [0.2, 0.25) is 11.8 Å². The molecule has 0 saturated carbocycles. The SMILES string of the molecule is CC(C)CN(CC(=O)N1CCN(c2ccc(-c3ccccc3Cl)nn2)CC1)C(=O)C(C)C. The van der Waals surface area contributed by atoms with Crippen LogP contribution in [-0.4, -0.2) is 71.1 Å². The summed E-state index contributed by atoms with van der Waals surface area (Å²) in [5.74, 6) is 1.00. The first-order valence-corrected chi connectivity index (χ1v) is 11.5. The van der Waals surface area contributed by atoms with Gasteiger partial charge in [0, 0.05) is 44.2 Å². The summed E-state index contributed by atoms with van der Waals surface area (Å²) in [7, 11) is 0. The number of rotatable bonds is 7. The van der Waals surface area contributed by atoms with E-state index in [9.17, 15) is 9.59 Å². The van der Waals surface area contributed by atoms with Crippen LogP contribution in [0.5, 0.6) is 0 Å². The molecule has 3 rings (SSSR count). The predicted octanol–water partition coefficient (Wildman–Crippen LogP) is 3.59. The van der Waals surface area contributed by atoms with Gasteiger partial charge in [-0.15, -0.1) is 10.2 Å². The normalized spacial score (nSPS) is 14.2. The molecule has 0 radical (unpaired) electrons. The minimum absolute atomic E-state index is 0.000508. The van der Waals surface area contributed by atoms with Crippen molar-refractivity contribution in [2.45, 2.75) is 27.7 Å². The summed E-state index contributed by atoms with van der Waals surface area (Å²) in [4.78, 5) is 31.0. The van der Waals surface area contributed by atoms with Crippen molar-refractivity contribution in [1.82, 2.24) is 20.0 Å². The molecule has 1 aromatic heterocycles. The number of aromatic nitrogens is 2. The second-order valence-electron chi connectivity index (χ2n) is 8.89. The van der Waals surface area contributed by atoms with E-state index in [1.165, 1.54) is 0 Å². The number of hydrogen-bond acceptors (Lipinski definition) is 5. The molecular weight excluding hydrogens is 426 g/mol. The molecule has 0 bridgehead atoms. The van der Waals surface area contributed by atoms with Crippen molar-refractivity contribution in [2.75, 3.05) is 44.2 Å². The third kappa shape index (κ3) is 5.97. The van der Waals surface area contributed by atoms with Gasteiger partial charge in [-0.05, 0) is 24.1 Å². The van der Waals surface area contributed by atoms with Crippen LogP contribution in [0, 0.1) is 11.8 Å². The maximum Gasteiger partial charge on any atom is 0.242 e. The molecule has 0 unspecified atom stereocenters. The van der Waals surface area contributed by atoms with Crippen LogP contribution in [0.4, 0.5) is 5.82 Å². The van der Waals surface area contributed by atoms with Crippen LogP contribution in [0.3, 0.4) is 0 Å². The average Bonchev–Trinajstić information content (AvgIpc) is 2.78. The number of carbonyl (C=O) groups is 2. The molecule has 1 fully saturated rings. The van der Waals surface area contributed by atoms with E-state index in [0.29, 0.717) is 43.7 Å². The van der Waals surface area contributed by atoms with E-state index in [0.717, 1.165) is 17.1 Å². The minimum atomic E-state index is -0.120. The van der Waals surface area contributed by atoms with Crippen molar-refractivity contribution >= 4 is 29.2 Å². The summed E-state index contributed by atoms with van der Waals surface area (Å²) in [6, 6.07) is 11.4. The van der Waals surface area contributed by atoms with Gasteiger partial charge in [-0.25, -0.2) is 0 Å². The second kappa shape index (κ2) is 10.8. The molecule has 32 heavy (non-hydrogen) atoms. The van der Waals surface area contributed by atoms with Gasteiger partial charge >= 0.3 is 0 Å². The number of anilines is 1. The fourth-order valence-corrected chi connectivity index (χ4v) is 4.03. The Morgan fingerprint density at radius 1 is 1.00 bits per heavy atom. The van der Waals surface area contributed by atoms with Crippen molar-refractivity contribution in [3.8, 4) is 11.3 Å². The lowest BCUT2D eigenvalue weighted by Gasteiger charge is -2.36. The highest BCUT2D eigenvalue weighted by Crippen LogP contribution is 2.26. The summed E-state index contributed by atoms with van der Waals surface area (Å²) < 4.78 is 0. The first-order chi connectivity index (χ1) is 15.3. The standard InChI is InChI=1S/C24H32ClN5O2/c1-17(2)15-30(24(32)18(3)4)16-23(31)29-13-11-28(12-14-29)22-10-9-21(26-27-22)19-7-5-6-8-20(19)25/h5-10,17-18H,11-16H2,1-4H3. The lowest BCUT2D eigenvalue weighted by Crippen LogP contribution is -2.52. The third-order valence-corrected chi connectivity index (χ3v) is 5.80. The molecule has 2 heterocycles. The zero-order chi connectivity index (χ0) is 23.3. The number of halogens is 1. The number of amides is 2. The van der Waals surface area contributed by atoms with Crippen molar-refractivity contribution in [3.05, 3.63) is 41.4 Å². The molecule has 0 aliphatic carbocycles. The van der Waals surface area contributed by atoms with Crippen molar-refractivity contribution < 1.29 is 9.59 Å². The molecular formula is C24H32ClN5O2. The average molecular weight is 458 g/mol. The lowest BCUT2D eigenvalue weighted by atomic mass is 10.1. The molecule has 2 aromatic rings. The van der Waals surface area contributed by atoms with E-state index in [-0.39, 0.29) is 24.3 Å². The van der Waals surface area contributed by atoms with Crippen molar-refractivity contribution in [2.24, 2.45) is 11.8 Å². The Kier molecular flexibility index (Phi) is 8.07. The van der Waals surface area contributed by atoms with Crippen LogP contribution in [0.2, 0.25) is 5.02 Å². The Morgan fingerprint density at radius 2 is 1.69 bits per heavy atom. The minimum Gasteiger partial charge on any atom is -0.352 e. The van der Waals surface area contributed by atoms with Gasteiger partial charge < -0.3 is 14.7 Å². The molecule has 1 aliphatic heterocycles. The van der Waals surface area contributed by atoms with Gasteiger partial charge in [-0.2, -0.15) is 0 Å². The molecule has 2 amide bonds. The highest BCUT2D eigenvalue weighted by Gasteiger charge is 2.26. The fourth-order valence-electron chi connectivity index (χ4n) is 3.79. The number of hydrogen-bond donors (Lipinski definition) is 0. The van der Waals surface area contributed by atoms with E-state index in [2.05, 4.69) is 28.9 Å². The summed E-state index contributed by atoms with van der Waals surface area (Å²) in [6.45, 7) is 11.1. The van der Waals surface area contributed by atoms with E-state index in [1.54, 1.807) is 4.90 Å². The fraction of sp³-hybridized carbons (Fsp3) is 0.500. The van der Waals surface area contributed by atoms with E-state index in [1.807, 2.05) is 55.1 Å². The first-order valence-electron chi connectivity index (χ1n) is 11.2. The Bertz CT molecular complexity index is 924. The van der Waals surface area contributed by atoms with Crippen LogP contribution < -0.4 is 4.90 Å². The second-order valence-corrected chi connectivity index (χ2v) is 9.30. The zero-order valence-corrected chi connectivity index (χ0v) is 20.0. The number of carbonyl (C=O) groups excluding carboxylic acids is 2. The Labute approximate surface area is 195 Å². The molecule has 0 atom stereocenters. The molecule has 1 aliphatic rings. The number of nitrogens with zero attached hydrogens (tertiary/aromatic N) is 5. The van der Waals surface area contributed by atoms with Gasteiger partial charge in [0.05, 0.1) is 17.3 Å². The molecule has 172 valence electrons. The number of benzene rings is 1. The topological polar surface area (TPSA) is 69.6 Å². The summed E-state index contributed by atoms with van der Waals surface area (Å²) in [5, 5.41) is 9.36. The number of piperazine rings is 1. The van der Waals surface area contributed by atoms with Crippen LogP contribution in [0.25, 0.3) is 11.3 Å². The summed E-state index contributed by atoms with van der Waals surface area (Å²) in [6.07, 6.45) is 0. The largest absolute Gasteiger partial charge is 0.352 e. The predicted molar refractivity (Wildman–Crippen MR) is 128 cm³/mol.